The molecule has 2 unspecified atom stereocenters. The average molecular weight is 853 g/mol. The molecule has 2 aromatic carbocycles. The van der Waals surface area contributed by atoms with Crippen LogP contribution >= 0.6 is 0 Å². The topological polar surface area (TPSA) is 102 Å². The Labute approximate surface area is 331 Å². The maximum atomic E-state index is 13.1. The van der Waals surface area contributed by atoms with Crippen LogP contribution in [0.25, 0.3) is 0 Å². The fourth-order valence-electron chi connectivity index (χ4n) is 3.64. The minimum atomic E-state index is -0.679. The van der Waals surface area contributed by atoms with Crippen molar-refractivity contribution in [2.24, 2.45) is 0 Å². The Kier molecular flexibility index (Phi) is 22.4. The zero-order chi connectivity index (χ0) is 22.0. The van der Waals surface area contributed by atoms with Gasteiger partial charge in [-0.2, -0.15) is 29.8 Å². The number of nitro benzene ring substituents is 1. The predicted octanol–water partition coefficient (Wildman–Crippen LogP) is 4.05. The summed E-state index contributed by atoms with van der Waals surface area (Å²) in [7, 11) is 0. The molecule has 0 aromatic heterocycles. The Morgan fingerprint density at radius 1 is 1.06 bits per heavy atom. The minimum Gasteiger partial charge on any atom is -0.410 e. The van der Waals surface area contributed by atoms with E-state index in [1.54, 1.807) is 19.9 Å². The summed E-state index contributed by atoms with van der Waals surface area (Å²) in [5, 5.41) is 14.0. The summed E-state index contributed by atoms with van der Waals surface area (Å²) in [6.07, 6.45) is -1.13. The van der Waals surface area contributed by atoms with E-state index in [0.717, 1.165) is 11.1 Å². The molecule has 0 saturated heterocycles. The second-order valence-corrected chi connectivity index (χ2v) is 7.19. The molecule has 1 N–H and O–H groups in total. The number of nitro groups is 1. The molecule has 171 valence electrons. The number of carbonyl (C=O) groups excluding carboxylic acids is 2. The van der Waals surface area contributed by atoms with Crippen LogP contribution in [0.3, 0.4) is 0 Å². The third-order valence-corrected chi connectivity index (χ3v) is 4.91. The van der Waals surface area contributed by atoms with E-state index in [0.29, 0.717) is 11.3 Å². The van der Waals surface area contributed by atoms with Crippen molar-refractivity contribution in [1.82, 2.24) is 10.2 Å². The number of allylic oxidation sites excluding steroid dienone is 1. The molecule has 2 aromatic rings. The number of hydrogen-bond donors (Lipinski definition) is 1. The molecule has 0 spiro atoms. The third-order valence-electron chi connectivity index (χ3n) is 4.91. The maximum absolute atomic E-state index is 13.1. The van der Waals surface area contributed by atoms with Crippen LogP contribution in [0.15, 0.2) is 53.7 Å². The number of amides is 1. The van der Waals surface area contributed by atoms with E-state index in [1.165, 1.54) is 36.1 Å². The van der Waals surface area contributed by atoms with Crippen LogP contribution in [0.5, 0.6) is 5.75 Å². The second-order valence-electron chi connectivity index (χ2n) is 7.19. The Morgan fingerprint density at radius 2 is 1.63 bits per heavy atom. The summed E-state index contributed by atoms with van der Waals surface area (Å²) in [6, 6.07) is 13.1. The van der Waals surface area contributed by atoms with E-state index in [4.69, 9.17) is 4.74 Å². The molecule has 13 heteroatoms. The van der Waals surface area contributed by atoms with E-state index in [9.17, 15) is 19.7 Å². The summed E-state index contributed by atoms with van der Waals surface area (Å²) >= 11 is 0. The molecule has 0 fully saturated rings. The Morgan fingerprint density at radius 3 is 2.11 bits per heavy atom. The SMILES string of the molecule is CC(=O)C1=C(C)NC(C)N(C(=O)Oc2ccc([N+](=O)[O-])cc2)C1c1c[c-]cc(C)c1.[Y].[Y].[Y].[Y].[Y]. The van der Waals surface area contributed by atoms with Gasteiger partial charge < -0.3 is 10.1 Å². The van der Waals surface area contributed by atoms with Gasteiger partial charge in [-0.25, -0.2) is 4.79 Å². The number of non-ortho nitro benzene ring substituents is 1. The molecule has 8 nitrogen and oxygen atoms in total. The molecule has 3 rings (SSSR count). The summed E-state index contributed by atoms with van der Waals surface area (Å²) in [5.74, 6) is 0.00884. The smallest absolute Gasteiger partial charge is 0.410 e. The van der Waals surface area contributed by atoms with Crippen molar-refractivity contribution < 1.29 is 183 Å². The molecular weight excluding hydrogens is 831 g/mol. The molecule has 1 aliphatic rings. The fraction of sp³-hybridized carbons (Fsp3) is 0.273. The zero-order valence-electron chi connectivity index (χ0n) is 20.0. The monoisotopic (exact) mass is 853 g/mol. The molecule has 5 radical (unpaired) electrons. The molecule has 1 amide bonds. The summed E-state index contributed by atoms with van der Waals surface area (Å²) in [4.78, 5) is 37.3. The number of Topliss-reactive ketones (excluding diaryl/α,β-unsaturated/α-hetero) is 1. The van der Waals surface area contributed by atoms with Gasteiger partial charge in [0.2, 0.25) is 0 Å². The number of nitrogens with zero attached hydrogens (tertiary/aromatic N) is 2. The molecule has 0 aliphatic carbocycles. The first kappa shape index (κ1) is 41.3. The normalized spacial score (nSPS) is 15.9. The zero-order valence-corrected chi connectivity index (χ0v) is 34.2. The van der Waals surface area contributed by atoms with Crippen LogP contribution in [0.2, 0.25) is 0 Å². The molecule has 0 saturated carbocycles. The van der Waals surface area contributed by atoms with Crippen LogP contribution in [-0.4, -0.2) is 27.9 Å². The third kappa shape index (κ3) is 10.7. The van der Waals surface area contributed by atoms with Crippen molar-refractivity contribution >= 4 is 17.6 Å². The molecule has 1 heterocycles. The molecule has 1 aliphatic heterocycles. The number of nitrogens with one attached hydrogen (secondary N) is 1. The maximum Gasteiger partial charge on any atom is 0.416 e. The van der Waals surface area contributed by atoms with Crippen LogP contribution in [0, 0.1) is 23.1 Å². The first-order chi connectivity index (χ1) is 14.2. The van der Waals surface area contributed by atoms with Gasteiger partial charge in [0.25, 0.3) is 5.69 Å². The first-order valence-electron chi connectivity index (χ1n) is 9.39. The van der Waals surface area contributed by atoms with E-state index in [1.807, 2.05) is 19.1 Å². The van der Waals surface area contributed by atoms with Gasteiger partial charge in [-0.1, -0.05) is 6.92 Å². The number of aryl methyl sites for hydroxylation is 1. The number of rotatable bonds is 4. The van der Waals surface area contributed by atoms with E-state index in [2.05, 4.69) is 11.4 Å². The van der Waals surface area contributed by atoms with E-state index >= 15 is 0 Å². The van der Waals surface area contributed by atoms with Crippen molar-refractivity contribution in [3.8, 4) is 5.75 Å². The number of hydrogen-bond acceptors (Lipinski definition) is 6. The van der Waals surface area contributed by atoms with Gasteiger partial charge in [0, 0.05) is 193 Å². The van der Waals surface area contributed by atoms with Gasteiger partial charge in [-0.05, 0) is 32.9 Å². The largest absolute Gasteiger partial charge is 0.416 e. The second kappa shape index (κ2) is 19.0. The molecule has 35 heavy (non-hydrogen) atoms. The van der Waals surface area contributed by atoms with Gasteiger partial charge >= 0.3 is 6.09 Å². The number of benzene rings is 2. The van der Waals surface area contributed by atoms with Crippen molar-refractivity contribution in [1.29, 1.82) is 0 Å². The predicted molar refractivity (Wildman–Crippen MR) is 110 cm³/mol. The fourth-order valence-corrected chi connectivity index (χ4v) is 3.64. The van der Waals surface area contributed by atoms with Crippen LogP contribution < -0.4 is 10.1 Å². The van der Waals surface area contributed by atoms with Gasteiger partial charge in [0.1, 0.15) is 11.9 Å². The van der Waals surface area contributed by atoms with Gasteiger partial charge in [-0.15, -0.1) is 5.56 Å². The summed E-state index contributed by atoms with van der Waals surface area (Å²) in [5.41, 5.74) is 2.75. The Hall–Kier alpha value is 1.84. The number of ether oxygens (including phenoxy) is 1. The average Bonchev–Trinajstić information content (AvgIpc) is 2.67. The van der Waals surface area contributed by atoms with E-state index < -0.39 is 23.2 Å². The van der Waals surface area contributed by atoms with Crippen LogP contribution in [-0.2, 0) is 168 Å². The van der Waals surface area contributed by atoms with Crippen molar-refractivity contribution in [3.63, 3.8) is 0 Å². The Balaban J connectivity index is -0.00000205. The van der Waals surface area contributed by atoms with Crippen molar-refractivity contribution in [2.45, 2.75) is 39.9 Å². The molecule has 0 bridgehead atoms. The standard InChI is InChI=1S/C22H22N3O5.5Y/c1-13-6-5-7-17(12-13)21-20(15(3)26)14(2)23-16(4)24(21)22(27)30-19-10-8-18(9-11-19)25(28)29;;;;;/h6-12,16,21,23H,1-4H3;;;;;/q-1;;;;;. The number of ketones is 1. The molecular formula is C22H22N3O5Y5-. The van der Waals surface area contributed by atoms with Gasteiger partial charge in [-0.3, -0.25) is 19.8 Å². The molecule has 2 atom stereocenters. The van der Waals surface area contributed by atoms with Crippen LogP contribution in [0.1, 0.15) is 37.9 Å². The Bertz CT molecular complexity index is 1050. The first-order valence-corrected chi connectivity index (χ1v) is 9.39. The van der Waals surface area contributed by atoms with Crippen molar-refractivity contribution in [3.05, 3.63) is 81.0 Å². The summed E-state index contributed by atoms with van der Waals surface area (Å²) < 4.78 is 5.48. The van der Waals surface area contributed by atoms with Gasteiger partial charge in [0.15, 0.2) is 5.78 Å². The quantitative estimate of drug-likeness (QED) is 0.284. The summed E-state index contributed by atoms with van der Waals surface area (Å²) in [6.45, 7) is 6.97. The van der Waals surface area contributed by atoms with Crippen LogP contribution in [0.4, 0.5) is 10.5 Å². The number of carbonyl (C=O) groups is 2. The van der Waals surface area contributed by atoms with Gasteiger partial charge in [0.05, 0.1) is 4.92 Å². The van der Waals surface area contributed by atoms with E-state index in [-0.39, 0.29) is 181 Å². The van der Waals surface area contributed by atoms with Crippen molar-refractivity contribution in [2.75, 3.05) is 0 Å². The minimum absolute atomic E-state index is 0.